The number of aliphatic hydroxyl groups is 1. The summed E-state index contributed by atoms with van der Waals surface area (Å²) in [7, 11) is 0. The van der Waals surface area contributed by atoms with Crippen LogP contribution in [0.2, 0.25) is 0 Å². The largest absolute Gasteiger partial charge is 0.396 e. The third kappa shape index (κ3) is 2.28. The molecule has 0 radical (unpaired) electrons. The smallest absolute Gasteiger partial charge is 0.148 e. The van der Waals surface area contributed by atoms with Gasteiger partial charge in [0.15, 0.2) is 0 Å². The molecule has 1 aromatic carbocycles. The highest BCUT2D eigenvalue weighted by molar-refractivity contribution is 5.76. The van der Waals surface area contributed by atoms with Crippen molar-refractivity contribution >= 4 is 16.9 Å². The number of aryl methyl sites for hydroxylation is 1. The Balaban J connectivity index is 2.27. The summed E-state index contributed by atoms with van der Waals surface area (Å²) < 4.78 is 0. The molecule has 0 atom stereocenters. The van der Waals surface area contributed by atoms with Gasteiger partial charge in [-0.25, -0.2) is 9.97 Å². The summed E-state index contributed by atoms with van der Waals surface area (Å²) in [5.74, 6) is 0.798. The van der Waals surface area contributed by atoms with Gasteiger partial charge >= 0.3 is 0 Å². The van der Waals surface area contributed by atoms with Crippen molar-refractivity contribution in [3.63, 3.8) is 0 Å². The van der Waals surface area contributed by atoms with Crippen LogP contribution in [0.4, 0.5) is 5.82 Å². The van der Waals surface area contributed by atoms with Crippen molar-refractivity contribution in [2.24, 2.45) is 0 Å². The maximum Gasteiger partial charge on any atom is 0.148 e. The van der Waals surface area contributed by atoms with Gasteiger partial charge in [0.2, 0.25) is 0 Å². The first-order valence-electron chi connectivity index (χ1n) is 5.39. The summed E-state index contributed by atoms with van der Waals surface area (Å²) in [6, 6.07) is 7.80. The van der Waals surface area contributed by atoms with Gasteiger partial charge in [0.05, 0.1) is 16.7 Å². The maximum absolute atomic E-state index is 8.71. The molecule has 0 bridgehead atoms. The van der Waals surface area contributed by atoms with Crippen molar-refractivity contribution in [1.29, 1.82) is 0 Å². The van der Waals surface area contributed by atoms with E-state index in [0.29, 0.717) is 13.0 Å². The third-order valence-electron chi connectivity index (χ3n) is 2.37. The number of nitrogens with one attached hydrogen (secondary N) is 1. The molecule has 0 spiro atoms. The molecule has 0 saturated heterocycles. The Labute approximate surface area is 94.4 Å². The van der Waals surface area contributed by atoms with Crippen LogP contribution < -0.4 is 5.32 Å². The molecule has 4 nitrogen and oxygen atoms in total. The van der Waals surface area contributed by atoms with E-state index in [4.69, 9.17) is 5.11 Å². The van der Waals surface area contributed by atoms with Crippen LogP contribution in [0.5, 0.6) is 0 Å². The Morgan fingerprint density at radius 1 is 1.19 bits per heavy atom. The number of para-hydroxylation sites is 2. The van der Waals surface area contributed by atoms with Crippen molar-refractivity contribution < 1.29 is 5.11 Å². The minimum absolute atomic E-state index is 0.188. The minimum atomic E-state index is 0.188. The number of aliphatic hydroxyl groups excluding tert-OH is 1. The molecule has 1 heterocycles. The average Bonchev–Trinajstić information content (AvgIpc) is 2.30. The summed E-state index contributed by atoms with van der Waals surface area (Å²) in [5, 5.41) is 11.9. The molecule has 2 N–H and O–H groups in total. The first-order valence-corrected chi connectivity index (χ1v) is 5.39. The molecule has 2 aromatic rings. The SMILES string of the molecule is Cc1nc2ccccc2nc1NCCCO. The molecule has 1 aromatic heterocycles. The number of nitrogens with zero attached hydrogens (tertiary/aromatic N) is 2. The minimum Gasteiger partial charge on any atom is -0.396 e. The van der Waals surface area contributed by atoms with Crippen LogP contribution in [0.25, 0.3) is 11.0 Å². The fourth-order valence-electron chi connectivity index (χ4n) is 1.54. The van der Waals surface area contributed by atoms with Crippen molar-refractivity contribution in [3.05, 3.63) is 30.0 Å². The van der Waals surface area contributed by atoms with Crippen molar-refractivity contribution in [2.75, 3.05) is 18.5 Å². The highest BCUT2D eigenvalue weighted by atomic mass is 16.3. The summed E-state index contributed by atoms with van der Waals surface area (Å²) in [6.07, 6.45) is 0.716. The third-order valence-corrected chi connectivity index (χ3v) is 2.37. The van der Waals surface area contributed by atoms with Gasteiger partial charge < -0.3 is 10.4 Å². The molecule has 0 saturated carbocycles. The van der Waals surface area contributed by atoms with Gasteiger partial charge in [0.25, 0.3) is 0 Å². The van der Waals surface area contributed by atoms with Gasteiger partial charge in [-0.1, -0.05) is 12.1 Å². The number of anilines is 1. The molecular weight excluding hydrogens is 202 g/mol. The van der Waals surface area contributed by atoms with E-state index in [1.807, 2.05) is 31.2 Å². The van der Waals surface area contributed by atoms with E-state index in [9.17, 15) is 0 Å². The van der Waals surface area contributed by atoms with Gasteiger partial charge in [-0.15, -0.1) is 0 Å². The van der Waals surface area contributed by atoms with Crippen LogP contribution in [0.15, 0.2) is 24.3 Å². The van der Waals surface area contributed by atoms with E-state index < -0.39 is 0 Å². The van der Waals surface area contributed by atoms with Crippen molar-refractivity contribution in [3.8, 4) is 0 Å². The summed E-state index contributed by atoms with van der Waals surface area (Å²) in [4.78, 5) is 8.96. The lowest BCUT2D eigenvalue weighted by Crippen LogP contribution is -2.07. The molecule has 4 heteroatoms. The Morgan fingerprint density at radius 3 is 2.56 bits per heavy atom. The normalized spacial score (nSPS) is 10.6. The first kappa shape index (κ1) is 10.8. The summed E-state index contributed by atoms with van der Waals surface area (Å²) in [5.41, 5.74) is 2.68. The molecule has 16 heavy (non-hydrogen) atoms. The maximum atomic E-state index is 8.71. The van der Waals surface area contributed by atoms with Crippen LogP contribution >= 0.6 is 0 Å². The van der Waals surface area contributed by atoms with E-state index in [0.717, 1.165) is 22.5 Å². The zero-order valence-corrected chi connectivity index (χ0v) is 9.27. The number of aromatic nitrogens is 2. The van der Waals surface area contributed by atoms with Crippen LogP contribution in [0, 0.1) is 6.92 Å². The molecule has 2 rings (SSSR count). The Kier molecular flexibility index (Phi) is 3.31. The van der Waals surface area contributed by atoms with Gasteiger partial charge in [0, 0.05) is 13.2 Å². The lowest BCUT2D eigenvalue weighted by molar-refractivity contribution is 0.292. The Hall–Kier alpha value is -1.68. The molecule has 84 valence electrons. The Bertz CT molecular complexity index is 485. The second-order valence-corrected chi connectivity index (χ2v) is 3.65. The van der Waals surface area contributed by atoms with E-state index in [1.165, 1.54) is 0 Å². The first-order chi connectivity index (χ1) is 7.81. The molecule has 0 fully saturated rings. The standard InChI is InChI=1S/C12H15N3O/c1-9-12(13-7-4-8-16)15-11-6-3-2-5-10(11)14-9/h2-3,5-6,16H,4,7-8H2,1H3,(H,13,15). The second kappa shape index (κ2) is 4.90. The molecule has 0 amide bonds. The number of hydrogen-bond donors (Lipinski definition) is 2. The lowest BCUT2D eigenvalue weighted by Gasteiger charge is -2.08. The molecule has 0 aliphatic heterocycles. The van der Waals surface area contributed by atoms with E-state index >= 15 is 0 Å². The van der Waals surface area contributed by atoms with Crippen LogP contribution in [0.1, 0.15) is 12.1 Å². The summed E-state index contributed by atoms with van der Waals surface area (Å²) in [6.45, 7) is 2.83. The zero-order chi connectivity index (χ0) is 11.4. The van der Waals surface area contributed by atoms with Gasteiger partial charge in [-0.05, 0) is 25.5 Å². The molecule has 0 aliphatic carbocycles. The quantitative estimate of drug-likeness (QED) is 0.766. The van der Waals surface area contributed by atoms with Crippen LogP contribution in [-0.2, 0) is 0 Å². The number of fused-ring (bicyclic) bond motifs is 1. The fraction of sp³-hybridized carbons (Fsp3) is 0.333. The molecule has 0 aliphatic rings. The zero-order valence-electron chi connectivity index (χ0n) is 9.27. The van der Waals surface area contributed by atoms with Crippen molar-refractivity contribution in [2.45, 2.75) is 13.3 Å². The van der Waals surface area contributed by atoms with E-state index in [1.54, 1.807) is 0 Å². The highest BCUT2D eigenvalue weighted by Gasteiger charge is 2.03. The number of benzene rings is 1. The van der Waals surface area contributed by atoms with Gasteiger partial charge in [-0.3, -0.25) is 0 Å². The lowest BCUT2D eigenvalue weighted by atomic mass is 10.3. The monoisotopic (exact) mass is 217 g/mol. The van der Waals surface area contributed by atoms with Crippen LogP contribution in [0.3, 0.4) is 0 Å². The predicted octanol–water partition coefficient (Wildman–Crippen LogP) is 1.73. The molecule has 0 unspecified atom stereocenters. The van der Waals surface area contributed by atoms with Crippen LogP contribution in [-0.4, -0.2) is 28.2 Å². The van der Waals surface area contributed by atoms with Crippen molar-refractivity contribution in [1.82, 2.24) is 9.97 Å². The van der Waals surface area contributed by atoms with E-state index in [-0.39, 0.29) is 6.61 Å². The summed E-state index contributed by atoms with van der Waals surface area (Å²) >= 11 is 0. The van der Waals surface area contributed by atoms with E-state index in [2.05, 4.69) is 15.3 Å². The number of rotatable bonds is 4. The fourth-order valence-corrected chi connectivity index (χ4v) is 1.54. The number of hydrogen-bond acceptors (Lipinski definition) is 4. The Morgan fingerprint density at radius 2 is 1.88 bits per heavy atom. The van der Waals surface area contributed by atoms with Gasteiger partial charge in [-0.2, -0.15) is 0 Å². The van der Waals surface area contributed by atoms with Gasteiger partial charge in [0.1, 0.15) is 5.82 Å². The second-order valence-electron chi connectivity index (χ2n) is 3.65. The highest BCUT2D eigenvalue weighted by Crippen LogP contribution is 2.15. The average molecular weight is 217 g/mol. The molecular formula is C12H15N3O. The predicted molar refractivity (Wildman–Crippen MR) is 64.5 cm³/mol. The topological polar surface area (TPSA) is 58.0 Å².